The molecule has 2 rings (SSSR count). The number of benzene rings is 1. The molecule has 0 aromatic heterocycles. The summed E-state index contributed by atoms with van der Waals surface area (Å²) in [5.41, 5.74) is 1.19. The summed E-state index contributed by atoms with van der Waals surface area (Å²) in [7, 11) is -3.80. The number of carbonyl (C=O) groups excluding carboxylic acids is 1. The van der Waals surface area contributed by atoms with E-state index in [0.29, 0.717) is 18.0 Å². The Morgan fingerprint density at radius 2 is 2.05 bits per heavy atom. The number of nitrogens with two attached hydrogens (primary N) is 1. The molecular formula is C15H22N2O3S. The first-order valence-electron chi connectivity index (χ1n) is 7.25. The minimum Gasteiger partial charge on any atom is -0.338 e. The van der Waals surface area contributed by atoms with Gasteiger partial charge in [-0.05, 0) is 49.8 Å². The van der Waals surface area contributed by atoms with Gasteiger partial charge in [-0.25, -0.2) is 13.6 Å². The van der Waals surface area contributed by atoms with Gasteiger partial charge in [-0.15, -0.1) is 0 Å². The molecule has 1 aromatic rings. The Morgan fingerprint density at radius 3 is 2.57 bits per heavy atom. The highest BCUT2D eigenvalue weighted by atomic mass is 32.2. The van der Waals surface area contributed by atoms with Crippen molar-refractivity contribution < 1.29 is 13.2 Å². The maximum Gasteiger partial charge on any atom is 0.254 e. The Morgan fingerprint density at radius 1 is 1.38 bits per heavy atom. The van der Waals surface area contributed by atoms with Gasteiger partial charge in [0.25, 0.3) is 5.91 Å². The standard InChI is InChI=1S/C15H22N2O3S/c1-3-8-17(10-12-5-6-12)15(18)14-9-13(21(16,19)20)7-4-11(14)2/h4,7,9,12H,3,5-6,8,10H2,1-2H3,(H2,16,19,20). The molecule has 0 saturated heterocycles. The van der Waals surface area contributed by atoms with Gasteiger partial charge in [0.2, 0.25) is 10.0 Å². The first kappa shape index (κ1) is 16.0. The number of carbonyl (C=O) groups is 1. The Hall–Kier alpha value is -1.40. The van der Waals surface area contributed by atoms with Crippen molar-refractivity contribution in [3.05, 3.63) is 29.3 Å². The quantitative estimate of drug-likeness (QED) is 0.871. The second-order valence-corrected chi connectivity index (χ2v) is 7.28. The van der Waals surface area contributed by atoms with Crippen molar-refractivity contribution in [2.75, 3.05) is 13.1 Å². The van der Waals surface area contributed by atoms with E-state index in [-0.39, 0.29) is 10.8 Å². The number of aryl methyl sites for hydroxylation is 1. The average Bonchev–Trinajstić information content (AvgIpc) is 3.20. The van der Waals surface area contributed by atoms with Crippen LogP contribution in [0.3, 0.4) is 0 Å². The third kappa shape index (κ3) is 4.04. The van der Waals surface area contributed by atoms with E-state index in [1.807, 2.05) is 11.8 Å². The number of hydrogen-bond acceptors (Lipinski definition) is 3. The molecule has 1 fully saturated rings. The van der Waals surface area contributed by atoms with Crippen molar-refractivity contribution in [3.63, 3.8) is 0 Å². The second-order valence-electron chi connectivity index (χ2n) is 5.72. The van der Waals surface area contributed by atoms with Crippen LogP contribution in [0.2, 0.25) is 0 Å². The molecule has 6 heteroatoms. The Balaban J connectivity index is 2.31. The Labute approximate surface area is 126 Å². The monoisotopic (exact) mass is 310 g/mol. The average molecular weight is 310 g/mol. The van der Waals surface area contributed by atoms with Crippen molar-refractivity contribution in [1.82, 2.24) is 4.90 Å². The molecule has 0 bridgehead atoms. The lowest BCUT2D eigenvalue weighted by Gasteiger charge is -2.23. The molecule has 1 aliphatic rings. The fourth-order valence-electron chi connectivity index (χ4n) is 2.34. The lowest BCUT2D eigenvalue weighted by atomic mass is 10.1. The first-order chi connectivity index (χ1) is 9.82. The summed E-state index contributed by atoms with van der Waals surface area (Å²) in [5, 5.41) is 5.15. The van der Waals surface area contributed by atoms with Gasteiger partial charge in [0.1, 0.15) is 0 Å². The van der Waals surface area contributed by atoms with Gasteiger partial charge in [0.05, 0.1) is 4.90 Å². The van der Waals surface area contributed by atoms with Crippen LogP contribution in [-0.4, -0.2) is 32.3 Å². The topological polar surface area (TPSA) is 80.5 Å². The number of amides is 1. The summed E-state index contributed by atoms with van der Waals surface area (Å²) in [5.74, 6) is 0.494. The fraction of sp³-hybridized carbons (Fsp3) is 0.533. The van der Waals surface area contributed by atoms with Crippen LogP contribution in [0.25, 0.3) is 0 Å². The smallest absolute Gasteiger partial charge is 0.254 e. The fourth-order valence-corrected chi connectivity index (χ4v) is 2.88. The zero-order valence-corrected chi connectivity index (χ0v) is 13.3. The van der Waals surface area contributed by atoms with Crippen LogP contribution in [0.4, 0.5) is 0 Å². The molecule has 5 nitrogen and oxygen atoms in total. The van der Waals surface area contributed by atoms with Crippen LogP contribution >= 0.6 is 0 Å². The lowest BCUT2D eigenvalue weighted by Crippen LogP contribution is -2.34. The van der Waals surface area contributed by atoms with Gasteiger partial charge in [-0.1, -0.05) is 13.0 Å². The molecular weight excluding hydrogens is 288 g/mol. The molecule has 0 aliphatic heterocycles. The Kier molecular flexibility index (Phi) is 4.68. The number of nitrogens with zero attached hydrogens (tertiary/aromatic N) is 1. The second kappa shape index (κ2) is 6.15. The predicted molar refractivity (Wildman–Crippen MR) is 81.5 cm³/mol. The number of hydrogen-bond donors (Lipinski definition) is 1. The van der Waals surface area contributed by atoms with E-state index in [1.165, 1.54) is 25.0 Å². The molecule has 2 N–H and O–H groups in total. The largest absolute Gasteiger partial charge is 0.338 e. The zero-order valence-electron chi connectivity index (χ0n) is 12.5. The predicted octanol–water partition coefficient (Wildman–Crippen LogP) is 1.90. The molecule has 1 aliphatic carbocycles. The summed E-state index contributed by atoms with van der Waals surface area (Å²) in [6.07, 6.45) is 3.22. The third-order valence-electron chi connectivity index (χ3n) is 3.72. The molecule has 0 heterocycles. The summed E-state index contributed by atoms with van der Waals surface area (Å²) < 4.78 is 22.9. The van der Waals surface area contributed by atoms with Crippen molar-refractivity contribution in [1.29, 1.82) is 0 Å². The lowest BCUT2D eigenvalue weighted by molar-refractivity contribution is 0.0746. The van der Waals surface area contributed by atoms with Crippen LogP contribution < -0.4 is 5.14 Å². The molecule has 1 amide bonds. The van der Waals surface area contributed by atoms with E-state index in [0.717, 1.165) is 18.5 Å². The zero-order chi connectivity index (χ0) is 15.6. The summed E-state index contributed by atoms with van der Waals surface area (Å²) >= 11 is 0. The van der Waals surface area contributed by atoms with Crippen LogP contribution in [0, 0.1) is 12.8 Å². The van der Waals surface area contributed by atoms with Crippen LogP contribution in [0.1, 0.15) is 42.1 Å². The van der Waals surface area contributed by atoms with Gasteiger partial charge in [0.15, 0.2) is 0 Å². The van der Waals surface area contributed by atoms with E-state index in [9.17, 15) is 13.2 Å². The molecule has 21 heavy (non-hydrogen) atoms. The van der Waals surface area contributed by atoms with E-state index in [2.05, 4.69) is 0 Å². The van der Waals surface area contributed by atoms with Gasteiger partial charge in [0, 0.05) is 18.7 Å². The highest BCUT2D eigenvalue weighted by molar-refractivity contribution is 7.89. The van der Waals surface area contributed by atoms with Gasteiger partial charge >= 0.3 is 0 Å². The number of rotatable bonds is 6. The normalized spacial score (nSPS) is 15.0. The molecule has 1 saturated carbocycles. The summed E-state index contributed by atoms with van der Waals surface area (Å²) in [6.45, 7) is 5.28. The minimum atomic E-state index is -3.80. The number of primary sulfonamides is 1. The highest BCUT2D eigenvalue weighted by Crippen LogP contribution is 2.30. The first-order valence-corrected chi connectivity index (χ1v) is 8.80. The highest BCUT2D eigenvalue weighted by Gasteiger charge is 2.27. The van der Waals surface area contributed by atoms with Crippen molar-refractivity contribution >= 4 is 15.9 Å². The van der Waals surface area contributed by atoms with Crippen LogP contribution in [0.5, 0.6) is 0 Å². The van der Waals surface area contributed by atoms with Gasteiger partial charge in [-0.3, -0.25) is 4.79 Å². The molecule has 0 radical (unpaired) electrons. The molecule has 116 valence electrons. The number of sulfonamides is 1. The SMILES string of the molecule is CCCN(CC1CC1)C(=O)c1cc(S(N)(=O)=O)ccc1C. The molecule has 0 unspecified atom stereocenters. The Bertz CT molecular complexity index is 636. The molecule has 0 atom stereocenters. The van der Waals surface area contributed by atoms with Crippen LogP contribution in [-0.2, 0) is 10.0 Å². The van der Waals surface area contributed by atoms with Crippen molar-refractivity contribution in [3.8, 4) is 0 Å². The van der Waals surface area contributed by atoms with E-state index in [1.54, 1.807) is 13.0 Å². The minimum absolute atomic E-state index is 0.0145. The van der Waals surface area contributed by atoms with E-state index in [4.69, 9.17) is 5.14 Å². The summed E-state index contributed by atoms with van der Waals surface area (Å²) in [6, 6.07) is 4.46. The van der Waals surface area contributed by atoms with E-state index < -0.39 is 10.0 Å². The van der Waals surface area contributed by atoms with Gasteiger partial charge < -0.3 is 4.90 Å². The molecule has 1 aromatic carbocycles. The van der Waals surface area contributed by atoms with Crippen molar-refractivity contribution in [2.24, 2.45) is 11.1 Å². The third-order valence-corrected chi connectivity index (χ3v) is 4.64. The van der Waals surface area contributed by atoms with Crippen LogP contribution in [0.15, 0.2) is 23.1 Å². The summed E-state index contributed by atoms with van der Waals surface area (Å²) in [4.78, 5) is 14.5. The van der Waals surface area contributed by atoms with Gasteiger partial charge in [-0.2, -0.15) is 0 Å². The van der Waals surface area contributed by atoms with E-state index >= 15 is 0 Å². The maximum atomic E-state index is 12.7. The van der Waals surface area contributed by atoms with Crippen molar-refractivity contribution in [2.45, 2.75) is 38.0 Å². The molecule has 0 spiro atoms. The maximum absolute atomic E-state index is 12.7.